The van der Waals surface area contributed by atoms with Crippen molar-refractivity contribution >= 4 is 34.1 Å². The molecule has 25 heavy (non-hydrogen) atoms. The van der Waals surface area contributed by atoms with Gasteiger partial charge in [-0.2, -0.15) is 0 Å². The summed E-state index contributed by atoms with van der Waals surface area (Å²) in [6.07, 6.45) is 1.76. The second-order valence-electron chi connectivity index (χ2n) is 5.74. The van der Waals surface area contributed by atoms with Gasteiger partial charge in [0.25, 0.3) is 5.91 Å². The molecule has 2 N–H and O–H groups in total. The molecule has 0 saturated carbocycles. The number of para-hydroxylation sites is 1. The lowest BCUT2D eigenvalue weighted by Gasteiger charge is -2.07. The van der Waals surface area contributed by atoms with Crippen molar-refractivity contribution in [3.63, 3.8) is 0 Å². The summed E-state index contributed by atoms with van der Waals surface area (Å²) in [6.45, 7) is 0. The predicted molar refractivity (Wildman–Crippen MR) is 94.3 cm³/mol. The lowest BCUT2D eigenvalue weighted by atomic mass is 9.95. The summed E-state index contributed by atoms with van der Waals surface area (Å²) >= 11 is 0. The number of H-pyrrole nitrogens is 1. The van der Waals surface area contributed by atoms with Crippen LogP contribution >= 0.6 is 0 Å². The molecule has 0 spiro atoms. The first-order chi connectivity index (χ1) is 12.2. The second kappa shape index (κ2) is 5.90. The van der Waals surface area contributed by atoms with E-state index in [2.05, 4.69) is 15.3 Å². The highest BCUT2D eigenvalue weighted by Crippen LogP contribution is 2.31. The summed E-state index contributed by atoms with van der Waals surface area (Å²) in [4.78, 5) is 32.2. The molecule has 1 unspecified atom stereocenters. The number of imide groups is 1. The van der Waals surface area contributed by atoms with Crippen molar-refractivity contribution in [2.45, 2.75) is 5.92 Å². The van der Waals surface area contributed by atoms with E-state index in [1.165, 1.54) is 0 Å². The number of amides is 2. The van der Waals surface area contributed by atoms with E-state index in [0.29, 0.717) is 11.4 Å². The topological polar surface area (TPSA) is 83.5 Å². The monoisotopic (exact) mass is 333 g/mol. The highest BCUT2D eigenvalue weighted by atomic mass is 16.5. The molecule has 6 nitrogen and oxygen atoms in total. The minimum absolute atomic E-state index is 0.183. The van der Waals surface area contributed by atoms with Gasteiger partial charge in [0.1, 0.15) is 17.4 Å². The van der Waals surface area contributed by atoms with Crippen molar-refractivity contribution < 1.29 is 14.3 Å². The van der Waals surface area contributed by atoms with Crippen molar-refractivity contribution in [2.75, 3.05) is 7.11 Å². The van der Waals surface area contributed by atoms with Crippen LogP contribution in [0.3, 0.4) is 0 Å². The van der Waals surface area contributed by atoms with Crippen molar-refractivity contribution in [1.29, 1.82) is 0 Å². The fraction of sp³-hybridized carbons (Fsp3) is 0.105. The van der Waals surface area contributed by atoms with Gasteiger partial charge in [-0.1, -0.05) is 24.3 Å². The van der Waals surface area contributed by atoms with Crippen LogP contribution in [0.25, 0.3) is 10.9 Å². The third-order valence-electron chi connectivity index (χ3n) is 4.24. The zero-order valence-corrected chi connectivity index (χ0v) is 13.4. The van der Waals surface area contributed by atoms with Crippen molar-refractivity contribution in [3.05, 3.63) is 60.3 Å². The SMILES string of the molecule is COc1cccc(N=C2C(=O)NC(=O)C2c2c[nH]c3ccccc23)c1. The Labute approximate surface area is 143 Å². The molecule has 0 bridgehead atoms. The molecule has 2 aromatic carbocycles. The van der Waals surface area contributed by atoms with Crippen LogP contribution in [0.1, 0.15) is 11.5 Å². The maximum Gasteiger partial charge on any atom is 0.273 e. The molecule has 1 atom stereocenters. The zero-order valence-electron chi connectivity index (χ0n) is 13.4. The molecule has 0 radical (unpaired) electrons. The molecule has 2 amide bonds. The number of nitrogens with one attached hydrogen (secondary N) is 2. The van der Waals surface area contributed by atoms with Gasteiger partial charge in [-0.15, -0.1) is 0 Å². The van der Waals surface area contributed by atoms with Crippen LogP contribution in [0.15, 0.2) is 59.7 Å². The number of methoxy groups -OCH3 is 1. The zero-order chi connectivity index (χ0) is 17.4. The van der Waals surface area contributed by atoms with Crippen molar-refractivity contribution in [2.24, 2.45) is 4.99 Å². The summed E-state index contributed by atoms with van der Waals surface area (Å²) in [7, 11) is 1.56. The van der Waals surface area contributed by atoms with Gasteiger partial charge in [-0.25, -0.2) is 4.99 Å². The van der Waals surface area contributed by atoms with Crippen LogP contribution in [0.2, 0.25) is 0 Å². The van der Waals surface area contributed by atoms with Gasteiger partial charge in [0.15, 0.2) is 0 Å². The van der Waals surface area contributed by atoms with Gasteiger partial charge in [0.2, 0.25) is 5.91 Å². The number of rotatable bonds is 3. The number of nitrogens with zero attached hydrogens (tertiary/aromatic N) is 1. The lowest BCUT2D eigenvalue weighted by molar-refractivity contribution is -0.124. The maximum absolute atomic E-state index is 12.4. The second-order valence-corrected chi connectivity index (χ2v) is 5.74. The average Bonchev–Trinajstić information content (AvgIpc) is 3.16. The van der Waals surface area contributed by atoms with E-state index < -0.39 is 11.8 Å². The van der Waals surface area contributed by atoms with E-state index in [1.807, 2.05) is 24.3 Å². The number of hydrogen-bond acceptors (Lipinski definition) is 4. The molecule has 3 aromatic rings. The Bertz CT molecular complexity index is 1020. The van der Waals surface area contributed by atoms with E-state index in [4.69, 9.17) is 4.74 Å². The molecule has 1 aromatic heterocycles. The number of carbonyl (C=O) groups excluding carboxylic acids is 2. The standard InChI is InChI=1S/C19H15N3O3/c1-25-12-6-4-5-11(9-12)21-17-16(18(23)22-19(17)24)14-10-20-15-8-3-2-7-13(14)15/h2-10,16,20H,1H3,(H,22,23,24). The average molecular weight is 333 g/mol. The Morgan fingerprint density at radius 1 is 1.08 bits per heavy atom. The molecule has 1 fully saturated rings. The molecule has 6 heteroatoms. The fourth-order valence-electron chi connectivity index (χ4n) is 3.06. The molecule has 1 aliphatic heterocycles. The maximum atomic E-state index is 12.4. The summed E-state index contributed by atoms with van der Waals surface area (Å²) in [5.74, 6) is -0.940. The van der Waals surface area contributed by atoms with Gasteiger partial charge < -0.3 is 9.72 Å². The number of aromatic nitrogens is 1. The van der Waals surface area contributed by atoms with Crippen molar-refractivity contribution in [1.82, 2.24) is 10.3 Å². The van der Waals surface area contributed by atoms with Crippen LogP contribution in [-0.4, -0.2) is 29.6 Å². The van der Waals surface area contributed by atoms with E-state index in [-0.39, 0.29) is 11.6 Å². The Morgan fingerprint density at radius 2 is 1.92 bits per heavy atom. The number of fused-ring (bicyclic) bond motifs is 1. The smallest absolute Gasteiger partial charge is 0.273 e. The minimum atomic E-state index is -0.741. The first-order valence-corrected chi connectivity index (χ1v) is 7.81. The molecule has 1 saturated heterocycles. The summed E-state index contributed by atoms with van der Waals surface area (Å²) in [5, 5.41) is 3.26. The Balaban J connectivity index is 1.83. The first kappa shape index (κ1) is 15.1. The van der Waals surface area contributed by atoms with Crippen LogP contribution in [0, 0.1) is 0 Å². The Morgan fingerprint density at radius 3 is 2.76 bits per heavy atom. The lowest BCUT2D eigenvalue weighted by Crippen LogP contribution is -2.22. The number of benzene rings is 2. The molecule has 0 aliphatic carbocycles. The molecule has 2 heterocycles. The van der Waals surface area contributed by atoms with Gasteiger partial charge in [-0.05, 0) is 23.8 Å². The first-order valence-electron chi connectivity index (χ1n) is 7.81. The quantitative estimate of drug-likeness (QED) is 0.723. The normalized spacial score (nSPS) is 18.8. The third-order valence-corrected chi connectivity index (χ3v) is 4.24. The molecule has 1 aliphatic rings. The van der Waals surface area contributed by atoms with Gasteiger partial charge in [0, 0.05) is 23.2 Å². The molecular weight excluding hydrogens is 318 g/mol. The summed E-state index contributed by atoms with van der Waals surface area (Å²) in [5.41, 5.74) is 2.39. The highest BCUT2D eigenvalue weighted by Gasteiger charge is 2.40. The number of aliphatic imine (C=N–C) groups is 1. The van der Waals surface area contributed by atoms with Crippen LogP contribution in [0.4, 0.5) is 5.69 Å². The Kier molecular flexibility index (Phi) is 3.57. The van der Waals surface area contributed by atoms with E-state index in [1.54, 1.807) is 37.6 Å². The van der Waals surface area contributed by atoms with Gasteiger partial charge >= 0.3 is 0 Å². The van der Waals surface area contributed by atoms with Gasteiger partial charge in [0.05, 0.1) is 12.8 Å². The molecule has 124 valence electrons. The van der Waals surface area contributed by atoms with E-state index in [9.17, 15) is 9.59 Å². The van der Waals surface area contributed by atoms with Crippen LogP contribution in [0.5, 0.6) is 5.75 Å². The number of hydrogen-bond donors (Lipinski definition) is 2. The van der Waals surface area contributed by atoms with E-state index >= 15 is 0 Å². The molecule has 4 rings (SSSR count). The number of ether oxygens (including phenoxy) is 1. The summed E-state index contributed by atoms with van der Waals surface area (Å²) < 4.78 is 5.18. The van der Waals surface area contributed by atoms with Crippen LogP contribution < -0.4 is 10.1 Å². The number of carbonyl (C=O) groups is 2. The molecular formula is C19H15N3O3. The Hall–Kier alpha value is -3.41. The van der Waals surface area contributed by atoms with Crippen molar-refractivity contribution in [3.8, 4) is 5.75 Å². The minimum Gasteiger partial charge on any atom is -0.497 e. The largest absolute Gasteiger partial charge is 0.497 e. The highest BCUT2D eigenvalue weighted by molar-refractivity contribution is 6.52. The fourth-order valence-corrected chi connectivity index (χ4v) is 3.06. The third kappa shape index (κ3) is 2.57. The van der Waals surface area contributed by atoms with Gasteiger partial charge in [-0.3, -0.25) is 14.9 Å². The predicted octanol–water partition coefficient (Wildman–Crippen LogP) is 2.69. The number of aromatic amines is 1. The van der Waals surface area contributed by atoms with Crippen LogP contribution in [-0.2, 0) is 9.59 Å². The summed E-state index contributed by atoms with van der Waals surface area (Å²) in [6, 6.07) is 14.7. The van der Waals surface area contributed by atoms with E-state index in [0.717, 1.165) is 16.5 Å².